The second-order valence-electron chi connectivity index (χ2n) is 8.36. The zero-order chi connectivity index (χ0) is 28.2. The summed E-state index contributed by atoms with van der Waals surface area (Å²) in [5, 5.41) is 0. The normalized spacial score (nSPS) is 32.1. The molecule has 0 saturated carbocycles. The van der Waals surface area contributed by atoms with E-state index in [1.54, 1.807) is 4.57 Å². The number of fused-ring (bicyclic) bond motifs is 6. The minimum absolute atomic E-state index is 0.0205. The molecule has 2 bridgehead atoms. The van der Waals surface area contributed by atoms with E-state index in [2.05, 4.69) is 29.9 Å². The minimum atomic E-state index is -4.14. The van der Waals surface area contributed by atoms with Crippen LogP contribution in [0.1, 0.15) is 12.1 Å². The Morgan fingerprint density at radius 3 is 2.90 bits per heavy atom. The van der Waals surface area contributed by atoms with Gasteiger partial charge in [-0.05, 0) is 11.8 Å². The van der Waals surface area contributed by atoms with E-state index in [9.17, 15) is 14.3 Å². The number of nitrogen functional groups attached to an aromatic ring is 1. The third-order valence-electron chi connectivity index (χ3n) is 5.95. The Hall–Kier alpha value is -2.67. The summed E-state index contributed by atoms with van der Waals surface area (Å²) in [5.74, 6) is 0.0928. The van der Waals surface area contributed by atoms with Crippen LogP contribution >= 0.6 is 14.2 Å². The molecule has 17 nitrogen and oxygen atoms in total. The number of halogens is 1. The molecule has 6 rings (SSSR count). The highest BCUT2D eigenvalue weighted by Gasteiger charge is 2.50. The highest BCUT2D eigenvalue weighted by Crippen LogP contribution is 2.51. The van der Waals surface area contributed by atoms with Gasteiger partial charge in [0.05, 0.1) is 33.3 Å². The third kappa shape index (κ3) is 5.22. The second kappa shape index (κ2) is 10.3. The largest absolute Gasteiger partial charge is 0.369 e. The number of H-pyrrole nitrogens is 1. The van der Waals surface area contributed by atoms with Gasteiger partial charge in [-0.25, -0.2) is 24.3 Å². The molecule has 6 atom stereocenters. The summed E-state index contributed by atoms with van der Waals surface area (Å²) in [6.07, 6.45) is -2.12. The Morgan fingerprint density at radius 1 is 1.25 bits per heavy atom. The number of nitrogens with one attached hydrogen (secondary N) is 1. The Balaban J connectivity index is 1.38. The van der Waals surface area contributed by atoms with Crippen molar-refractivity contribution in [2.45, 2.75) is 37.8 Å². The molecule has 4 N–H and O–H groups in total. The summed E-state index contributed by atoms with van der Waals surface area (Å²) in [5.41, 5.74) is 5.86. The van der Waals surface area contributed by atoms with Gasteiger partial charge in [-0.2, -0.15) is 4.98 Å². The molecule has 2 aliphatic heterocycles. The Kier molecular flexibility index (Phi) is 7.09. The van der Waals surface area contributed by atoms with Crippen LogP contribution in [0.4, 0.5) is 10.3 Å². The summed E-state index contributed by atoms with van der Waals surface area (Å²) in [6.45, 7) is -4.75. The standard InChI is InChI=1S/C18H22BFN9O8P2S/c19-38(31)33-2-1-28-10(25-8-3-22-6-23-14(8)28)5-35-39(32,40)37-13-11(20)9(4-34-38)36-17(13)29-7-24-12-15(29)26-18(21)27-16(12)30/h3,6-7,9,11,13,17H,1-2,4-5H2,19H3,(H,32,40)(H3,21,26,27,30)/q-1/t9-,11-,13-,17-,38?,39?/m1/s1. The van der Waals surface area contributed by atoms with E-state index in [0.29, 0.717) is 17.0 Å². The van der Waals surface area contributed by atoms with Crippen molar-refractivity contribution in [1.29, 1.82) is 0 Å². The molecule has 1 fully saturated rings. The molecule has 4 aromatic rings. The lowest BCUT2D eigenvalue weighted by molar-refractivity contribution is -0.0456. The number of hydrogen-bond acceptors (Lipinski definition) is 14. The first-order valence-corrected chi connectivity index (χ1v) is 14.9. The molecule has 0 radical (unpaired) electrons. The van der Waals surface area contributed by atoms with E-state index >= 15 is 4.39 Å². The number of nitrogens with zero attached hydrogens (tertiary/aromatic N) is 7. The first-order chi connectivity index (χ1) is 19.0. The summed E-state index contributed by atoms with van der Waals surface area (Å²) in [6, 6.07) is 0. The van der Waals surface area contributed by atoms with Crippen LogP contribution in [-0.2, 0) is 52.4 Å². The number of alkyl halides is 1. The maximum atomic E-state index is 15.8. The van der Waals surface area contributed by atoms with Crippen LogP contribution in [0.15, 0.2) is 23.6 Å². The maximum absolute atomic E-state index is 15.8. The molecule has 1 saturated heterocycles. The lowest BCUT2D eigenvalue weighted by Crippen LogP contribution is -2.32. The summed E-state index contributed by atoms with van der Waals surface area (Å²) in [7, 11) is -4.43. The van der Waals surface area contributed by atoms with E-state index in [4.69, 9.17) is 40.4 Å². The molecule has 6 heterocycles. The van der Waals surface area contributed by atoms with Gasteiger partial charge < -0.3 is 38.1 Å². The summed E-state index contributed by atoms with van der Waals surface area (Å²) >= 11 is 5.22. The van der Waals surface area contributed by atoms with Crippen LogP contribution in [-0.4, -0.2) is 83.1 Å². The molecule has 4 aromatic heterocycles. The van der Waals surface area contributed by atoms with Crippen molar-refractivity contribution in [3.63, 3.8) is 0 Å². The molecule has 40 heavy (non-hydrogen) atoms. The fraction of sp³-hybridized carbons (Fsp3) is 0.444. The van der Waals surface area contributed by atoms with Crippen LogP contribution in [0.2, 0.25) is 0 Å². The van der Waals surface area contributed by atoms with Gasteiger partial charge in [-0.3, -0.25) is 18.9 Å². The Labute approximate surface area is 229 Å². The van der Waals surface area contributed by atoms with Crippen molar-refractivity contribution in [3.8, 4) is 0 Å². The van der Waals surface area contributed by atoms with Crippen molar-refractivity contribution in [2.24, 2.45) is 0 Å². The van der Waals surface area contributed by atoms with Gasteiger partial charge in [0, 0.05) is 6.54 Å². The number of ether oxygens (including phenoxy) is 1. The van der Waals surface area contributed by atoms with E-state index in [-0.39, 0.29) is 36.9 Å². The van der Waals surface area contributed by atoms with E-state index < -0.39 is 58.5 Å². The van der Waals surface area contributed by atoms with Crippen LogP contribution in [0.25, 0.3) is 22.3 Å². The molecular weight excluding hydrogens is 594 g/mol. The summed E-state index contributed by atoms with van der Waals surface area (Å²) < 4.78 is 60.1. The summed E-state index contributed by atoms with van der Waals surface area (Å²) in [4.78, 5) is 46.3. The molecule has 0 amide bonds. The fourth-order valence-electron chi connectivity index (χ4n) is 4.27. The van der Waals surface area contributed by atoms with Crippen molar-refractivity contribution < 1.29 is 36.7 Å². The van der Waals surface area contributed by atoms with E-state index in [0.717, 1.165) is 0 Å². The molecule has 2 unspecified atom stereocenters. The number of rotatable bonds is 1. The number of anilines is 1. The number of aromatic amines is 1. The number of imidazole rings is 2. The van der Waals surface area contributed by atoms with Gasteiger partial charge in [0.15, 0.2) is 29.2 Å². The predicted octanol–water partition coefficient (Wildman–Crippen LogP) is -0.584. The van der Waals surface area contributed by atoms with Crippen molar-refractivity contribution in [3.05, 3.63) is 35.0 Å². The lowest BCUT2D eigenvalue weighted by atomic mass is 10.1. The van der Waals surface area contributed by atoms with Gasteiger partial charge in [0.25, 0.3) is 5.56 Å². The second-order valence-corrected chi connectivity index (χ2v) is 12.1. The fourth-order valence-corrected chi connectivity index (χ4v) is 6.16. The molecule has 214 valence electrons. The van der Waals surface area contributed by atoms with E-state index in [1.807, 2.05) is 0 Å². The predicted molar refractivity (Wildman–Crippen MR) is 142 cm³/mol. The zero-order valence-corrected chi connectivity index (χ0v) is 22.2. The molecular formula is C18H22BFN9O8P2S-. The quantitative estimate of drug-likeness (QED) is 0.180. The SMILES string of the molecule is [BH3-]P1(=O)OCCn2c(nc3cncnc32)COP(O)(=S)O[C@@H]2[C@H](F)[C@@H](CO1)O[C@H]2n1cnc2c(=O)[nH]c(N)nc21. The number of nitrogens with two attached hydrogens (primary N) is 1. The molecule has 0 aromatic carbocycles. The monoisotopic (exact) mass is 616 g/mol. The molecule has 2 aliphatic rings. The van der Waals surface area contributed by atoms with Crippen LogP contribution in [0.5, 0.6) is 0 Å². The Bertz CT molecular complexity index is 1760. The average molecular weight is 616 g/mol. The maximum Gasteiger partial charge on any atom is 0.325 e. The van der Waals surface area contributed by atoms with Gasteiger partial charge in [0.2, 0.25) is 5.95 Å². The van der Waals surface area contributed by atoms with Crippen LogP contribution in [0.3, 0.4) is 0 Å². The molecule has 0 spiro atoms. The van der Waals surface area contributed by atoms with Gasteiger partial charge >= 0.3 is 6.72 Å². The third-order valence-corrected chi connectivity index (χ3v) is 8.24. The minimum Gasteiger partial charge on any atom is -0.369 e. The highest BCUT2D eigenvalue weighted by atomic mass is 32.5. The first kappa shape index (κ1) is 27.5. The van der Waals surface area contributed by atoms with Crippen molar-refractivity contribution in [2.75, 3.05) is 18.9 Å². The zero-order valence-electron chi connectivity index (χ0n) is 19.6. The lowest BCUT2D eigenvalue weighted by Gasteiger charge is -2.25. The van der Waals surface area contributed by atoms with Gasteiger partial charge in [-0.1, -0.05) is 0 Å². The smallest absolute Gasteiger partial charge is 0.325 e. The Morgan fingerprint density at radius 2 is 2.08 bits per heavy atom. The van der Waals surface area contributed by atoms with Crippen molar-refractivity contribution >= 4 is 61.8 Å². The molecule has 22 heteroatoms. The van der Waals surface area contributed by atoms with Crippen LogP contribution in [0, 0.1) is 0 Å². The van der Waals surface area contributed by atoms with Gasteiger partial charge in [0.1, 0.15) is 44.0 Å². The van der Waals surface area contributed by atoms with Crippen LogP contribution < -0.4 is 11.3 Å². The molecule has 0 aliphatic carbocycles. The number of aromatic nitrogens is 8. The first-order valence-electron chi connectivity index (χ1n) is 11.3. The topological polar surface area (TPSA) is 217 Å². The van der Waals surface area contributed by atoms with Crippen molar-refractivity contribution in [1.82, 2.24) is 39.0 Å². The van der Waals surface area contributed by atoms with E-state index in [1.165, 1.54) is 23.4 Å². The average Bonchev–Trinajstić information content (AvgIpc) is 3.55. The number of hydrogen-bond donors (Lipinski definition) is 3. The highest BCUT2D eigenvalue weighted by molar-refractivity contribution is 8.07. The van der Waals surface area contributed by atoms with Gasteiger partial charge in [-0.15, -0.1) is 0 Å².